The van der Waals surface area contributed by atoms with E-state index in [1.165, 1.54) is 127 Å². The molecular formula is C32H67NO6P+. The van der Waals surface area contributed by atoms with E-state index in [1.807, 2.05) is 6.92 Å². The molecule has 1 saturated heterocycles. The van der Waals surface area contributed by atoms with Gasteiger partial charge in [0.15, 0.2) is 0 Å². The molecule has 7 nitrogen and oxygen atoms in total. The molecule has 1 aliphatic rings. The van der Waals surface area contributed by atoms with Crippen LogP contribution in [0.25, 0.3) is 0 Å². The van der Waals surface area contributed by atoms with Crippen molar-refractivity contribution in [1.29, 1.82) is 0 Å². The fourth-order valence-corrected chi connectivity index (χ4v) is 6.45. The van der Waals surface area contributed by atoms with Crippen LogP contribution in [0.5, 0.6) is 0 Å². The second-order valence-corrected chi connectivity index (χ2v) is 13.7. The monoisotopic (exact) mass is 592 g/mol. The Kier molecular flexibility index (Phi) is 24.2. The van der Waals surface area contributed by atoms with Crippen LogP contribution in [0.4, 0.5) is 0 Å². The summed E-state index contributed by atoms with van der Waals surface area (Å²) in [6, 6.07) is 0. The maximum absolute atomic E-state index is 12.3. The fraction of sp³-hybridized carbons (Fsp3) is 1.00. The number of rotatable bonds is 29. The van der Waals surface area contributed by atoms with Gasteiger partial charge in [-0.15, -0.1) is 0 Å². The second kappa shape index (κ2) is 25.5. The molecule has 240 valence electrons. The summed E-state index contributed by atoms with van der Waals surface area (Å²) in [5, 5.41) is 0. The highest BCUT2D eigenvalue weighted by atomic mass is 31.2. The van der Waals surface area contributed by atoms with E-state index in [9.17, 15) is 9.46 Å². The van der Waals surface area contributed by atoms with Gasteiger partial charge in [-0.3, -0.25) is 9.05 Å². The molecule has 1 aliphatic heterocycles. The third kappa shape index (κ3) is 22.6. The molecule has 0 saturated carbocycles. The number of quaternary nitrogens is 1. The molecule has 0 aliphatic carbocycles. The summed E-state index contributed by atoms with van der Waals surface area (Å²) in [5.41, 5.74) is 0. The topological polar surface area (TPSA) is 74.2 Å². The summed E-state index contributed by atoms with van der Waals surface area (Å²) in [6.07, 6.45) is 25.3. The molecule has 0 radical (unpaired) electrons. The Morgan fingerprint density at radius 3 is 1.77 bits per heavy atom. The van der Waals surface area contributed by atoms with Gasteiger partial charge in [0.1, 0.15) is 6.10 Å². The smallest absolute Gasteiger partial charge is 0.379 e. The fourth-order valence-electron chi connectivity index (χ4n) is 5.66. The molecule has 8 heteroatoms. The van der Waals surface area contributed by atoms with Crippen LogP contribution in [0.3, 0.4) is 0 Å². The minimum absolute atomic E-state index is 0.00378. The second-order valence-electron chi connectivity index (χ2n) is 12.3. The third-order valence-corrected chi connectivity index (χ3v) is 9.25. The van der Waals surface area contributed by atoms with Crippen molar-refractivity contribution in [2.24, 2.45) is 0 Å². The van der Waals surface area contributed by atoms with Crippen molar-refractivity contribution in [3.8, 4) is 0 Å². The van der Waals surface area contributed by atoms with Gasteiger partial charge in [0.05, 0.1) is 46.5 Å². The SMILES string of the molecule is CCCCCCCCCCCCCCCCOCC(COP(=O)(O)OCCCCC[N+]1(C)CCCCC1)OCC. The Morgan fingerprint density at radius 2 is 1.20 bits per heavy atom. The van der Waals surface area contributed by atoms with Crippen LogP contribution in [-0.2, 0) is 23.1 Å². The molecule has 0 spiro atoms. The minimum atomic E-state index is -4.07. The normalized spacial score (nSPS) is 17.6. The number of phosphoric acid groups is 1. The Hall–Kier alpha value is -0.0100. The van der Waals surface area contributed by atoms with Gasteiger partial charge in [0.2, 0.25) is 0 Å². The van der Waals surface area contributed by atoms with Gasteiger partial charge in [0, 0.05) is 13.2 Å². The average Bonchev–Trinajstić information content (AvgIpc) is 2.93. The number of phosphoric ester groups is 1. The Bertz CT molecular complexity index is 602. The van der Waals surface area contributed by atoms with Gasteiger partial charge in [-0.1, -0.05) is 90.4 Å². The van der Waals surface area contributed by atoms with Crippen LogP contribution in [0.2, 0.25) is 0 Å². The largest absolute Gasteiger partial charge is 0.472 e. The predicted octanol–water partition coefficient (Wildman–Crippen LogP) is 8.82. The highest BCUT2D eigenvalue weighted by molar-refractivity contribution is 7.47. The van der Waals surface area contributed by atoms with Crippen molar-refractivity contribution in [1.82, 2.24) is 0 Å². The number of likely N-dealkylation sites (tertiary alicyclic amines) is 1. The zero-order chi connectivity index (χ0) is 29.2. The van der Waals surface area contributed by atoms with Crippen molar-refractivity contribution in [2.45, 2.75) is 148 Å². The van der Waals surface area contributed by atoms with Crippen molar-refractivity contribution in [3.05, 3.63) is 0 Å². The summed E-state index contributed by atoms with van der Waals surface area (Å²) >= 11 is 0. The highest BCUT2D eigenvalue weighted by Gasteiger charge is 2.25. The summed E-state index contributed by atoms with van der Waals surface area (Å²) in [5.74, 6) is 0. The maximum atomic E-state index is 12.3. The number of hydrogen-bond acceptors (Lipinski definition) is 5. The first kappa shape index (κ1) is 38.0. The van der Waals surface area contributed by atoms with E-state index in [-0.39, 0.29) is 19.3 Å². The van der Waals surface area contributed by atoms with E-state index in [1.54, 1.807) is 0 Å². The van der Waals surface area contributed by atoms with Crippen LogP contribution in [0, 0.1) is 0 Å². The van der Waals surface area contributed by atoms with Crippen LogP contribution in [0.1, 0.15) is 142 Å². The molecule has 2 unspecified atom stereocenters. The van der Waals surface area contributed by atoms with Crippen molar-refractivity contribution < 1.29 is 32.5 Å². The van der Waals surface area contributed by atoms with Gasteiger partial charge in [-0.25, -0.2) is 4.57 Å². The molecule has 0 amide bonds. The number of ether oxygens (including phenoxy) is 2. The number of unbranched alkanes of at least 4 members (excludes halogenated alkanes) is 15. The molecule has 0 bridgehead atoms. The van der Waals surface area contributed by atoms with Gasteiger partial charge in [-0.05, 0) is 51.9 Å². The molecule has 0 aromatic carbocycles. The lowest BCUT2D eigenvalue weighted by Gasteiger charge is -2.37. The Balaban J connectivity index is 1.97. The summed E-state index contributed by atoms with van der Waals surface area (Å²) in [7, 11) is -1.72. The molecule has 2 atom stereocenters. The van der Waals surface area contributed by atoms with Crippen LogP contribution < -0.4 is 0 Å². The molecule has 0 aromatic rings. The maximum Gasteiger partial charge on any atom is 0.472 e. The molecular weight excluding hydrogens is 525 g/mol. The lowest BCUT2D eigenvalue weighted by Crippen LogP contribution is -2.48. The number of piperidine rings is 1. The van der Waals surface area contributed by atoms with Crippen molar-refractivity contribution in [2.75, 3.05) is 59.7 Å². The first-order valence-corrected chi connectivity index (χ1v) is 18.5. The number of nitrogens with zero attached hydrogens (tertiary/aromatic N) is 1. The Labute approximate surface area is 248 Å². The molecule has 1 rings (SSSR count). The highest BCUT2D eigenvalue weighted by Crippen LogP contribution is 2.43. The van der Waals surface area contributed by atoms with E-state index in [0.29, 0.717) is 19.8 Å². The average molecular weight is 593 g/mol. The number of hydrogen-bond donors (Lipinski definition) is 1. The first-order valence-electron chi connectivity index (χ1n) is 17.1. The van der Waals surface area contributed by atoms with Crippen LogP contribution >= 0.6 is 7.82 Å². The summed E-state index contributed by atoms with van der Waals surface area (Å²) in [6.45, 7) is 9.71. The van der Waals surface area contributed by atoms with E-state index < -0.39 is 7.82 Å². The quantitative estimate of drug-likeness (QED) is 0.0531. The van der Waals surface area contributed by atoms with Gasteiger partial charge < -0.3 is 18.9 Å². The zero-order valence-corrected chi connectivity index (χ0v) is 27.7. The molecule has 1 N–H and O–H groups in total. The minimum Gasteiger partial charge on any atom is -0.379 e. The van der Waals surface area contributed by atoms with E-state index in [0.717, 1.165) is 25.7 Å². The first-order chi connectivity index (χ1) is 19.4. The van der Waals surface area contributed by atoms with E-state index >= 15 is 0 Å². The van der Waals surface area contributed by atoms with Gasteiger partial charge >= 0.3 is 7.82 Å². The summed E-state index contributed by atoms with van der Waals surface area (Å²) < 4.78 is 35.3. The van der Waals surface area contributed by atoms with Gasteiger partial charge in [-0.2, -0.15) is 0 Å². The van der Waals surface area contributed by atoms with Gasteiger partial charge in [0.25, 0.3) is 0 Å². The standard InChI is InChI=1S/C32H66NO6P/c1-4-6-7-8-9-10-11-12-13-14-15-16-17-23-28-36-30-32(37-5-2)31-39-40(34,35)38-29-24-19-22-27-33(3)25-20-18-21-26-33/h32H,4-31H2,1-3H3/p+1. The predicted molar refractivity (Wildman–Crippen MR) is 167 cm³/mol. The molecule has 1 heterocycles. The zero-order valence-electron chi connectivity index (χ0n) is 26.8. The van der Waals surface area contributed by atoms with Crippen LogP contribution in [0.15, 0.2) is 0 Å². The van der Waals surface area contributed by atoms with Crippen molar-refractivity contribution >= 4 is 7.82 Å². The van der Waals surface area contributed by atoms with Crippen molar-refractivity contribution in [3.63, 3.8) is 0 Å². The van der Waals surface area contributed by atoms with E-state index in [4.69, 9.17) is 18.5 Å². The lowest BCUT2D eigenvalue weighted by molar-refractivity contribution is -0.914. The Morgan fingerprint density at radius 1 is 0.675 bits per heavy atom. The third-order valence-electron chi connectivity index (χ3n) is 8.26. The molecule has 40 heavy (non-hydrogen) atoms. The lowest BCUT2D eigenvalue weighted by atomic mass is 10.0. The molecule has 0 aromatic heterocycles. The van der Waals surface area contributed by atoms with E-state index in [2.05, 4.69) is 14.0 Å². The summed E-state index contributed by atoms with van der Waals surface area (Å²) in [4.78, 5) is 10.1. The van der Waals surface area contributed by atoms with Crippen LogP contribution in [-0.4, -0.2) is 75.2 Å². The molecule has 1 fully saturated rings.